The van der Waals surface area contributed by atoms with Crippen LogP contribution in [0.25, 0.3) is 0 Å². The second-order valence-electron chi connectivity index (χ2n) is 7.72. The summed E-state index contributed by atoms with van der Waals surface area (Å²) in [5.74, 6) is 0.338. The Kier molecular flexibility index (Phi) is 7.66. The molecule has 1 saturated carbocycles. The fourth-order valence-electron chi connectivity index (χ4n) is 3.75. The molecule has 0 spiro atoms. The summed E-state index contributed by atoms with van der Waals surface area (Å²) in [5.41, 5.74) is 5.40. The van der Waals surface area contributed by atoms with Crippen molar-refractivity contribution in [2.75, 3.05) is 13.7 Å². The van der Waals surface area contributed by atoms with Crippen molar-refractivity contribution in [2.24, 2.45) is 23.5 Å². The highest BCUT2D eigenvalue weighted by Crippen LogP contribution is 2.40. The fourth-order valence-corrected chi connectivity index (χ4v) is 3.75. The van der Waals surface area contributed by atoms with Crippen molar-refractivity contribution in [1.29, 1.82) is 0 Å². The third-order valence-corrected chi connectivity index (χ3v) is 5.40. The van der Waals surface area contributed by atoms with Crippen LogP contribution in [-0.2, 0) is 19.1 Å². The zero-order chi connectivity index (χ0) is 19.1. The number of nitrogens with two attached hydrogens (primary N) is 1. The lowest BCUT2D eigenvalue weighted by molar-refractivity contribution is -0.142. The van der Waals surface area contributed by atoms with E-state index in [4.69, 9.17) is 10.5 Å². The molecule has 0 bridgehead atoms. The van der Waals surface area contributed by atoms with Crippen molar-refractivity contribution in [3.63, 3.8) is 0 Å². The number of likely N-dealkylation sites (tertiary alicyclic amines) is 1. The van der Waals surface area contributed by atoms with Gasteiger partial charge < -0.3 is 15.4 Å². The van der Waals surface area contributed by atoms with Crippen molar-refractivity contribution >= 4 is 17.8 Å². The highest BCUT2D eigenvalue weighted by atomic mass is 16.5. The Hall–Kier alpha value is -1.85. The zero-order valence-electron chi connectivity index (χ0n) is 16.0. The molecule has 0 aromatic carbocycles. The van der Waals surface area contributed by atoms with Gasteiger partial charge in [-0.2, -0.15) is 0 Å². The minimum atomic E-state index is -0.418. The molecule has 1 aliphatic heterocycles. The second kappa shape index (κ2) is 9.74. The number of hydrogen-bond donors (Lipinski definition) is 1. The topological polar surface area (TPSA) is 89.7 Å². The van der Waals surface area contributed by atoms with Crippen molar-refractivity contribution in [3.05, 3.63) is 12.2 Å². The van der Waals surface area contributed by atoms with Gasteiger partial charge in [-0.25, -0.2) is 0 Å². The normalized spacial score (nSPS) is 27.7. The van der Waals surface area contributed by atoms with Crippen LogP contribution in [-0.4, -0.2) is 42.4 Å². The maximum atomic E-state index is 12.3. The van der Waals surface area contributed by atoms with Gasteiger partial charge in [0.25, 0.3) is 0 Å². The fraction of sp³-hybridized carbons (Fsp3) is 0.750. The molecule has 6 nitrogen and oxygen atoms in total. The average Bonchev–Trinajstić information content (AvgIpc) is 3.27. The summed E-state index contributed by atoms with van der Waals surface area (Å²) in [6, 6.07) is -0.418. The number of unbranched alkanes of at least 4 members (excludes halogenated alkanes) is 4. The van der Waals surface area contributed by atoms with Gasteiger partial charge in [-0.1, -0.05) is 31.9 Å². The molecule has 0 aromatic rings. The molecule has 6 heteroatoms. The lowest BCUT2D eigenvalue weighted by Gasteiger charge is -2.22. The van der Waals surface area contributed by atoms with Crippen molar-refractivity contribution in [2.45, 2.75) is 64.3 Å². The highest BCUT2D eigenvalue weighted by Gasteiger charge is 2.41. The number of allylic oxidation sites excluding steroid dienone is 2. The van der Waals surface area contributed by atoms with Gasteiger partial charge in [-0.3, -0.25) is 14.4 Å². The van der Waals surface area contributed by atoms with Crippen LogP contribution in [0, 0.1) is 17.8 Å². The molecule has 0 aromatic heterocycles. The summed E-state index contributed by atoms with van der Waals surface area (Å²) in [6.07, 6.45) is 11.4. The van der Waals surface area contributed by atoms with Crippen LogP contribution < -0.4 is 5.73 Å². The molecule has 4 unspecified atom stereocenters. The van der Waals surface area contributed by atoms with E-state index < -0.39 is 6.04 Å². The largest absolute Gasteiger partial charge is 0.469 e. The first-order valence-corrected chi connectivity index (χ1v) is 9.77. The van der Waals surface area contributed by atoms with E-state index in [2.05, 4.69) is 12.2 Å². The summed E-state index contributed by atoms with van der Waals surface area (Å²) in [5, 5.41) is 0. The van der Waals surface area contributed by atoms with Gasteiger partial charge in [0.05, 0.1) is 13.0 Å². The number of hydrogen-bond acceptors (Lipinski definition) is 4. The molecular weight excluding hydrogens is 332 g/mol. The number of amides is 2. The summed E-state index contributed by atoms with van der Waals surface area (Å²) in [6.45, 7) is 2.69. The molecule has 2 fully saturated rings. The van der Waals surface area contributed by atoms with E-state index in [1.165, 1.54) is 7.11 Å². The minimum absolute atomic E-state index is 0.0561. The Morgan fingerprint density at radius 2 is 1.88 bits per heavy atom. The molecule has 1 saturated heterocycles. The van der Waals surface area contributed by atoms with Crippen molar-refractivity contribution < 1.29 is 19.1 Å². The number of carbonyl (C=O) groups excluding carboxylic acids is 3. The SMILES string of the molecule is COC(=O)C1CC1/C=C\CCCCCCC(=O)N1CC(C)CC1C(N)=O. The first-order valence-electron chi connectivity index (χ1n) is 9.77. The molecule has 2 aliphatic rings. The Balaban J connectivity index is 1.52. The standard InChI is InChI=1S/C20H32N2O4/c1-14-11-17(19(21)24)22(13-14)18(23)10-8-6-4-3-5-7-9-15-12-16(15)20(25)26-2/h7,9,14-17H,3-6,8,10-13H2,1-2H3,(H2,21,24)/b9-7-. The molecule has 2 amide bonds. The van der Waals surface area contributed by atoms with E-state index >= 15 is 0 Å². The molecule has 4 atom stereocenters. The van der Waals surface area contributed by atoms with Crippen LogP contribution in [0.3, 0.4) is 0 Å². The van der Waals surface area contributed by atoms with Crippen molar-refractivity contribution in [3.8, 4) is 0 Å². The maximum Gasteiger partial charge on any atom is 0.309 e. The van der Waals surface area contributed by atoms with E-state index in [1.807, 2.05) is 6.92 Å². The van der Waals surface area contributed by atoms with Crippen LogP contribution in [0.15, 0.2) is 12.2 Å². The van der Waals surface area contributed by atoms with Crippen LogP contribution in [0.2, 0.25) is 0 Å². The van der Waals surface area contributed by atoms with Gasteiger partial charge in [0.1, 0.15) is 6.04 Å². The number of ether oxygens (including phenoxy) is 1. The Morgan fingerprint density at radius 1 is 1.15 bits per heavy atom. The first kappa shape index (κ1) is 20.5. The molecule has 1 aliphatic carbocycles. The van der Waals surface area contributed by atoms with Gasteiger partial charge >= 0.3 is 5.97 Å². The molecule has 0 radical (unpaired) electrons. The van der Waals surface area contributed by atoms with Crippen LogP contribution in [0.1, 0.15) is 58.3 Å². The summed E-state index contributed by atoms with van der Waals surface area (Å²) < 4.78 is 4.73. The summed E-state index contributed by atoms with van der Waals surface area (Å²) in [7, 11) is 1.44. The first-order chi connectivity index (χ1) is 12.4. The lowest BCUT2D eigenvalue weighted by atomic mass is 10.1. The van der Waals surface area contributed by atoms with Gasteiger partial charge in [0.15, 0.2) is 0 Å². The van der Waals surface area contributed by atoms with Gasteiger partial charge in [0, 0.05) is 13.0 Å². The monoisotopic (exact) mass is 364 g/mol. The number of methoxy groups -OCH3 is 1. The van der Waals surface area contributed by atoms with Gasteiger partial charge in [-0.15, -0.1) is 0 Å². The number of nitrogens with zero attached hydrogens (tertiary/aromatic N) is 1. The number of primary amides is 1. The van der Waals surface area contributed by atoms with Crippen LogP contribution in [0.5, 0.6) is 0 Å². The van der Waals surface area contributed by atoms with Crippen molar-refractivity contribution in [1.82, 2.24) is 4.90 Å². The Morgan fingerprint density at radius 3 is 2.58 bits per heavy atom. The lowest BCUT2D eigenvalue weighted by Crippen LogP contribution is -2.43. The van der Waals surface area contributed by atoms with E-state index in [1.54, 1.807) is 4.90 Å². The molecule has 2 rings (SSSR count). The minimum Gasteiger partial charge on any atom is -0.469 e. The second-order valence-corrected chi connectivity index (χ2v) is 7.72. The molecular formula is C20H32N2O4. The van der Waals surface area contributed by atoms with E-state index in [0.717, 1.165) is 38.5 Å². The quantitative estimate of drug-likeness (QED) is 0.366. The molecule has 1 heterocycles. The van der Waals surface area contributed by atoms with E-state index in [9.17, 15) is 14.4 Å². The predicted molar refractivity (Wildman–Crippen MR) is 98.9 cm³/mol. The molecule has 146 valence electrons. The average molecular weight is 364 g/mol. The highest BCUT2D eigenvalue weighted by molar-refractivity contribution is 5.87. The van der Waals surface area contributed by atoms with E-state index in [-0.39, 0.29) is 23.7 Å². The third-order valence-electron chi connectivity index (χ3n) is 5.40. The van der Waals surface area contributed by atoms with Gasteiger partial charge in [-0.05, 0) is 43.9 Å². The molecule has 2 N–H and O–H groups in total. The summed E-state index contributed by atoms with van der Waals surface area (Å²) in [4.78, 5) is 36.7. The molecule has 26 heavy (non-hydrogen) atoms. The van der Waals surface area contributed by atoms with Gasteiger partial charge in [0.2, 0.25) is 11.8 Å². The Bertz CT molecular complexity index is 546. The van der Waals surface area contributed by atoms with Crippen LogP contribution >= 0.6 is 0 Å². The number of esters is 1. The smallest absolute Gasteiger partial charge is 0.309 e. The predicted octanol–water partition coefficient (Wildman–Crippen LogP) is 2.41. The zero-order valence-corrected chi connectivity index (χ0v) is 16.0. The third kappa shape index (κ3) is 5.85. The van der Waals surface area contributed by atoms with Crippen LogP contribution in [0.4, 0.5) is 0 Å². The Labute approximate surface area is 156 Å². The number of carbonyl (C=O) groups is 3. The maximum absolute atomic E-state index is 12.3. The number of rotatable bonds is 10. The van der Waals surface area contributed by atoms with E-state index in [0.29, 0.717) is 31.2 Å². The summed E-state index contributed by atoms with van der Waals surface area (Å²) >= 11 is 0.